The number of anilines is 1. The average molecular weight is 439 g/mol. The lowest BCUT2D eigenvalue weighted by molar-refractivity contribution is 0.143. The maximum atomic E-state index is 12.3. The van der Waals surface area contributed by atoms with E-state index in [2.05, 4.69) is 62.2 Å². The summed E-state index contributed by atoms with van der Waals surface area (Å²) in [5.74, 6) is 6.29. The van der Waals surface area contributed by atoms with Crippen LogP contribution in [0.4, 0.5) is 10.5 Å². The monoisotopic (exact) mass is 438 g/mol. The van der Waals surface area contributed by atoms with Crippen molar-refractivity contribution < 1.29 is 9.53 Å². The van der Waals surface area contributed by atoms with E-state index in [0.29, 0.717) is 25.3 Å². The van der Waals surface area contributed by atoms with Crippen LogP contribution in [0, 0.1) is 11.8 Å². The van der Waals surface area contributed by atoms with Crippen LogP contribution >= 0.6 is 0 Å². The summed E-state index contributed by atoms with van der Waals surface area (Å²) in [7, 11) is 0. The fourth-order valence-corrected chi connectivity index (χ4v) is 4.17. The van der Waals surface area contributed by atoms with E-state index in [0.717, 1.165) is 5.56 Å². The molecule has 1 aliphatic carbocycles. The first-order valence-electron chi connectivity index (χ1n) is 11.3. The number of fused-ring (bicyclic) bond motifs is 3. The predicted molar refractivity (Wildman–Crippen MR) is 134 cm³/mol. The average Bonchev–Trinajstić information content (AvgIpc) is 3.11. The summed E-state index contributed by atoms with van der Waals surface area (Å²) in [6.07, 6.45) is 0.0940. The Kier molecular flexibility index (Phi) is 6.42. The third-order valence-corrected chi connectivity index (χ3v) is 6.01. The van der Waals surface area contributed by atoms with Gasteiger partial charge in [-0.25, -0.2) is 4.79 Å². The molecule has 168 valence electrons. The first-order valence-corrected chi connectivity index (χ1v) is 11.3. The molecule has 0 saturated heterocycles. The van der Waals surface area contributed by atoms with E-state index in [1.807, 2.05) is 42.5 Å². The molecule has 4 heteroatoms. The summed E-state index contributed by atoms with van der Waals surface area (Å²) < 4.78 is 5.56. The molecular weight excluding hydrogens is 408 g/mol. The van der Waals surface area contributed by atoms with Crippen LogP contribution in [0.15, 0.2) is 66.7 Å². The number of amides is 1. The van der Waals surface area contributed by atoms with Crippen molar-refractivity contribution in [2.45, 2.75) is 38.5 Å². The van der Waals surface area contributed by atoms with E-state index >= 15 is 0 Å². The molecule has 0 fully saturated rings. The van der Waals surface area contributed by atoms with Crippen molar-refractivity contribution in [3.63, 3.8) is 0 Å². The van der Waals surface area contributed by atoms with Gasteiger partial charge in [0.15, 0.2) is 0 Å². The number of alkyl carbamates (subject to hydrolysis) is 1. The molecule has 0 heterocycles. The molecule has 1 aliphatic rings. The maximum Gasteiger partial charge on any atom is 0.407 e. The fourth-order valence-electron chi connectivity index (χ4n) is 4.17. The minimum Gasteiger partial charge on any atom is -0.449 e. The molecule has 3 aromatic carbocycles. The summed E-state index contributed by atoms with van der Waals surface area (Å²) in [5.41, 5.74) is 13.6. The van der Waals surface area contributed by atoms with Gasteiger partial charge in [-0.2, -0.15) is 0 Å². The van der Waals surface area contributed by atoms with Crippen LogP contribution < -0.4 is 11.1 Å². The third kappa shape index (κ3) is 5.04. The van der Waals surface area contributed by atoms with Crippen LogP contribution in [0.3, 0.4) is 0 Å². The van der Waals surface area contributed by atoms with Crippen molar-refractivity contribution in [2.75, 3.05) is 18.9 Å². The number of ether oxygens (including phenoxy) is 1. The van der Waals surface area contributed by atoms with Gasteiger partial charge in [0.1, 0.15) is 6.61 Å². The van der Waals surface area contributed by atoms with Crippen molar-refractivity contribution >= 4 is 11.8 Å². The quantitative estimate of drug-likeness (QED) is 0.305. The number of hydrogen-bond acceptors (Lipinski definition) is 3. The zero-order valence-electron chi connectivity index (χ0n) is 19.4. The molecule has 3 aromatic rings. The number of carbonyl (C=O) groups is 1. The number of benzene rings is 3. The van der Waals surface area contributed by atoms with E-state index in [4.69, 9.17) is 10.5 Å². The molecule has 0 spiro atoms. The molecule has 0 unspecified atom stereocenters. The Morgan fingerprint density at radius 2 is 1.64 bits per heavy atom. The molecule has 0 bridgehead atoms. The third-order valence-electron chi connectivity index (χ3n) is 6.01. The highest BCUT2D eigenvalue weighted by Gasteiger charge is 2.28. The van der Waals surface area contributed by atoms with Crippen molar-refractivity contribution in [2.24, 2.45) is 0 Å². The topological polar surface area (TPSA) is 64.3 Å². The summed E-state index contributed by atoms with van der Waals surface area (Å²) in [5, 5.41) is 2.80. The minimum absolute atomic E-state index is 0.0375. The van der Waals surface area contributed by atoms with E-state index in [-0.39, 0.29) is 11.3 Å². The summed E-state index contributed by atoms with van der Waals surface area (Å²) in [6.45, 7) is 7.21. The van der Waals surface area contributed by atoms with Gasteiger partial charge in [0.25, 0.3) is 0 Å². The molecule has 0 aliphatic heterocycles. The second-order valence-corrected chi connectivity index (χ2v) is 9.36. The summed E-state index contributed by atoms with van der Waals surface area (Å²) >= 11 is 0. The lowest BCUT2D eigenvalue weighted by atomic mass is 9.86. The zero-order chi connectivity index (χ0) is 23.4. The highest BCUT2D eigenvalue weighted by molar-refractivity contribution is 5.79. The predicted octanol–water partition coefficient (Wildman–Crippen LogP) is 5.85. The Bertz CT molecular complexity index is 1180. The molecule has 33 heavy (non-hydrogen) atoms. The fraction of sp³-hybridized carbons (Fsp3) is 0.276. The van der Waals surface area contributed by atoms with Gasteiger partial charge in [-0.15, -0.1) is 0 Å². The Morgan fingerprint density at radius 1 is 1.00 bits per heavy atom. The van der Waals surface area contributed by atoms with Gasteiger partial charge in [-0.05, 0) is 45.4 Å². The minimum atomic E-state index is -0.423. The van der Waals surface area contributed by atoms with Crippen LogP contribution in [0.1, 0.15) is 55.4 Å². The van der Waals surface area contributed by atoms with E-state index in [9.17, 15) is 4.79 Å². The number of hydrogen-bond donors (Lipinski definition) is 2. The second kappa shape index (κ2) is 9.42. The first-order chi connectivity index (χ1) is 15.8. The van der Waals surface area contributed by atoms with Crippen LogP contribution in [0.2, 0.25) is 0 Å². The second-order valence-electron chi connectivity index (χ2n) is 9.36. The number of rotatable bonds is 4. The van der Waals surface area contributed by atoms with Gasteiger partial charge in [0.05, 0.1) is 0 Å². The van der Waals surface area contributed by atoms with Gasteiger partial charge < -0.3 is 15.8 Å². The van der Waals surface area contributed by atoms with E-state index in [1.54, 1.807) is 0 Å². The van der Waals surface area contributed by atoms with Crippen molar-refractivity contribution in [1.82, 2.24) is 5.32 Å². The molecule has 0 aromatic heterocycles. The van der Waals surface area contributed by atoms with Crippen LogP contribution in [-0.2, 0) is 10.2 Å². The molecule has 1 amide bonds. The molecular formula is C29H30N2O2. The van der Waals surface area contributed by atoms with E-state index in [1.165, 1.54) is 27.8 Å². The largest absolute Gasteiger partial charge is 0.449 e. The molecule has 4 rings (SSSR count). The molecule has 3 N–H and O–H groups in total. The van der Waals surface area contributed by atoms with Crippen molar-refractivity contribution in [1.29, 1.82) is 0 Å². The van der Waals surface area contributed by atoms with Gasteiger partial charge in [0.2, 0.25) is 0 Å². The normalized spacial score (nSPS) is 12.3. The smallest absolute Gasteiger partial charge is 0.407 e. The maximum absolute atomic E-state index is 12.3. The Morgan fingerprint density at radius 3 is 2.27 bits per heavy atom. The van der Waals surface area contributed by atoms with Gasteiger partial charge in [-0.3, -0.25) is 0 Å². The SMILES string of the molecule is CC(C)(C)c1ccc(N)c(C#CCCNC(=O)OCC2c3ccccc3-c3ccccc32)c1. The Hall–Kier alpha value is -3.71. The number of nitrogens with two attached hydrogens (primary N) is 1. The van der Waals surface area contributed by atoms with Gasteiger partial charge in [0, 0.05) is 30.1 Å². The summed E-state index contributed by atoms with van der Waals surface area (Å²) in [4.78, 5) is 12.3. The van der Waals surface area contributed by atoms with Crippen molar-refractivity contribution in [3.8, 4) is 23.0 Å². The highest BCUT2D eigenvalue weighted by atomic mass is 16.5. The van der Waals surface area contributed by atoms with E-state index < -0.39 is 6.09 Å². The highest BCUT2D eigenvalue weighted by Crippen LogP contribution is 2.44. The van der Waals surface area contributed by atoms with Crippen LogP contribution in [-0.4, -0.2) is 19.2 Å². The lowest BCUT2D eigenvalue weighted by Gasteiger charge is -2.19. The zero-order valence-corrected chi connectivity index (χ0v) is 19.4. The standard InChI is InChI=1S/C29H30N2O2/c1-29(2,3)21-15-16-27(30)20(18-21)10-8-9-17-31-28(32)33-19-26-24-13-6-4-11-22(24)23-12-5-7-14-25(23)26/h4-7,11-16,18,26H,9,17,19,30H2,1-3H3,(H,31,32). The van der Waals surface area contributed by atoms with Crippen LogP contribution in [0.25, 0.3) is 11.1 Å². The lowest BCUT2D eigenvalue weighted by Crippen LogP contribution is -2.26. The van der Waals surface area contributed by atoms with Crippen LogP contribution in [0.5, 0.6) is 0 Å². The molecule has 0 saturated carbocycles. The first kappa shape index (κ1) is 22.5. The summed E-state index contributed by atoms with van der Waals surface area (Å²) in [6, 6.07) is 22.6. The number of nitrogen functional groups attached to an aromatic ring is 1. The number of carbonyl (C=O) groups excluding carboxylic acids is 1. The van der Waals surface area contributed by atoms with Gasteiger partial charge in [-0.1, -0.05) is 87.2 Å². The number of nitrogens with one attached hydrogen (secondary N) is 1. The molecule has 0 atom stereocenters. The Labute approximate surface area is 196 Å². The van der Waals surface area contributed by atoms with Gasteiger partial charge >= 0.3 is 6.09 Å². The Balaban J connectivity index is 1.30. The molecule has 4 nitrogen and oxygen atoms in total. The van der Waals surface area contributed by atoms with Crippen molar-refractivity contribution in [3.05, 3.63) is 89.0 Å². The molecule has 0 radical (unpaired) electrons.